The largest absolute Gasteiger partial charge is 0.306 e. The highest BCUT2D eigenvalue weighted by Crippen LogP contribution is 2.38. The monoisotopic (exact) mass is 415 g/mol. The maximum Gasteiger partial charge on any atom is 0.0761 e. The summed E-state index contributed by atoms with van der Waals surface area (Å²) >= 11 is 8.99. The van der Waals surface area contributed by atoms with Gasteiger partial charge < -0.3 is 5.32 Å². The first-order chi connectivity index (χ1) is 9.52. The van der Waals surface area contributed by atoms with Gasteiger partial charge in [-0.2, -0.15) is 0 Å². The summed E-state index contributed by atoms with van der Waals surface area (Å²) in [5, 5.41) is 3.66. The lowest BCUT2D eigenvalue weighted by Gasteiger charge is -2.20. The smallest absolute Gasteiger partial charge is 0.0761 e. The summed E-state index contributed by atoms with van der Waals surface area (Å²) in [5.74, 6) is 0. The van der Waals surface area contributed by atoms with E-state index in [0.29, 0.717) is 0 Å². The predicted molar refractivity (Wildman–Crippen MR) is 95.8 cm³/mol. The van der Waals surface area contributed by atoms with E-state index >= 15 is 0 Å². The van der Waals surface area contributed by atoms with E-state index in [9.17, 15) is 0 Å². The first-order valence-electron chi connectivity index (χ1n) is 6.78. The maximum absolute atomic E-state index is 3.69. The second-order valence-corrected chi connectivity index (χ2v) is 8.76. The Balaban J connectivity index is 2.41. The van der Waals surface area contributed by atoms with E-state index in [2.05, 4.69) is 82.2 Å². The Morgan fingerprint density at radius 3 is 2.45 bits per heavy atom. The number of hydrogen-bond donors (Lipinski definition) is 1. The molecule has 1 aromatic carbocycles. The van der Waals surface area contributed by atoms with Crippen LogP contribution in [-0.2, 0) is 0 Å². The van der Waals surface area contributed by atoms with E-state index in [1.165, 1.54) is 26.0 Å². The highest BCUT2D eigenvalue weighted by molar-refractivity contribution is 9.12. The van der Waals surface area contributed by atoms with E-state index in [0.717, 1.165) is 16.8 Å². The molecule has 1 heterocycles. The van der Waals surface area contributed by atoms with Crippen LogP contribution in [0.1, 0.15) is 41.6 Å². The van der Waals surface area contributed by atoms with Crippen molar-refractivity contribution in [2.24, 2.45) is 0 Å². The summed E-state index contributed by atoms with van der Waals surface area (Å²) < 4.78 is 2.35. The Morgan fingerprint density at radius 2 is 1.90 bits per heavy atom. The fourth-order valence-electron chi connectivity index (χ4n) is 2.19. The van der Waals surface area contributed by atoms with Crippen molar-refractivity contribution in [1.29, 1.82) is 0 Å². The fourth-order valence-corrected chi connectivity index (χ4v) is 5.09. The van der Waals surface area contributed by atoms with Crippen molar-refractivity contribution in [2.75, 3.05) is 6.54 Å². The molecule has 1 unspecified atom stereocenters. The Kier molecular flexibility index (Phi) is 5.84. The van der Waals surface area contributed by atoms with Crippen LogP contribution in [0.15, 0.2) is 31.8 Å². The number of nitrogens with one attached hydrogen (secondary N) is 1. The Labute approximate surface area is 142 Å². The second kappa shape index (κ2) is 7.21. The van der Waals surface area contributed by atoms with E-state index in [4.69, 9.17) is 0 Å². The molecule has 0 spiro atoms. The highest BCUT2D eigenvalue weighted by atomic mass is 79.9. The van der Waals surface area contributed by atoms with Crippen LogP contribution in [0.5, 0.6) is 0 Å². The number of rotatable bonds is 5. The average molecular weight is 417 g/mol. The van der Waals surface area contributed by atoms with Crippen molar-refractivity contribution in [3.8, 4) is 0 Å². The lowest BCUT2D eigenvalue weighted by atomic mass is 9.97. The van der Waals surface area contributed by atoms with E-state index in [1.54, 1.807) is 11.3 Å². The molecule has 0 saturated heterocycles. The first kappa shape index (κ1) is 16.2. The number of hydrogen-bond acceptors (Lipinski definition) is 2. The van der Waals surface area contributed by atoms with Crippen molar-refractivity contribution in [3.05, 3.63) is 54.1 Å². The van der Waals surface area contributed by atoms with Crippen molar-refractivity contribution in [3.63, 3.8) is 0 Å². The van der Waals surface area contributed by atoms with Crippen LogP contribution in [-0.4, -0.2) is 6.54 Å². The van der Waals surface area contributed by atoms with Gasteiger partial charge in [0.2, 0.25) is 0 Å². The van der Waals surface area contributed by atoms with Gasteiger partial charge in [-0.3, -0.25) is 0 Å². The summed E-state index contributed by atoms with van der Waals surface area (Å²) in [6.45, 7) is 7.54. The molecule has 0 aliphatic carbocycles. The molecule has 20 heavy (non-hydrogen) atoms. The van der Waals surface area contributed by atoms with Gasteiger partial charge in [0, 0.05) is 0 Å². The zero-order chi connectivity index (χ0) is 14.7. The van der Waals surface area contributed by atoms with Crippen molar-refractivity contribution >= 4 is 43.2 Å². The highest BCUT2D eigenvalue weighted by Gasteiger charge is 2.19. The van der Waals surface area contributed by atoms with Crippen LogP contribution in [0, 0.1) is 13.8 Å². The van der Waals surface area contributed by atoms with E-state index in [-0.39, 0.29) is 6.04 Å². The van der Waals surface area contributed by atoms with Gasteiger partial charge in [0.1, 0.15) is 0 Å². The third-order valence-electron chi connectivity index (χ3n) is 3.46. The molecule has 0 fully saturated rings. The van der Waals surface area contributed by atoms with Crippen molar-refractivity contribution in [1.82, 2.24) is 5.32 Å². The predicted octanol–water partition coefficient (Wildman–Crippen LogP) is 5.98. The molecule has 0 aliphatic rings. The molecule has 2 aromatic rings. The Hall–Kier alpha value is -0.160. The maximum atomic E-state index is 3.69. The summed E-state index contributed by atoms with van der Waals surface area (Å²) in [4.78, 5) is 0. The molecular weight excluding hydrogens is 398 g/mol. The minimum atomic E-state index is 0.242. The summed E-state index contributed by atoms with van der Waals surface area (Å²) in [7, 11) is 0. The lowest BCUT2D eigenvalue weighted by molar-refractivity contribution is 0.598. The molecule has 0 aliphatic heterocycles. The number of aryl methyl sites for hydroxylation is 2. The molecule has 108 valence electrons. The average Bonchev–Trinajstić information content (AvgIpc) is 2.73. The minimum absolute atomic E-state index is 0.242. The molecule has 1 nitrogen and oxygen atoms in total. The van der Waals surface area contributed by atoms with Crippen molar-refractivity contribution in [2.45, 2.75) is 33.2 Å². The van der Waals surface area contributed by atoms with Gasteiger partial charge in [-0.25, -0.2) is 0 Å². The SMILES string of the molecule is CCCNC(c1ccc(C)c(C)c1)c1cc(Br)sc1Br. The van der Waals surface area contributed by atoms with Crippen LogP contribution in [0.3, 0.4) is 0 Å². The van der Waals surface area contributed by atoms with E-state index in [1.807, 2.05) is 0 Å². The number of thiophene rings is 1. The van der Waals surface area contributed by atoms with Crippen LogP contribution in [0.2, 0.25) is 0 Å². The standard InChI is InChI=1S/C16H19Br2NS/c1-4-7-19-15(13-9-14(17)20-16(13)18)12-6-5-10(2)11(3)8-12/h5-6,8-9,15,19H,4,7H2,1-3H3. The van der Waals surface area contributed by atoms with Gasteiger partial charge in [0.05, 0.1) is 13.6 Å². The summed E-state index contributed by atoms with van der Waals surface area (Å²) in [6, 6.07) is 9.18. The van der Waals surface area contributed by atoms with Gasteiger partial charge in [-0.05, 0) is 87.0 Å². The topological polar surface area (TPSA) is 12.0 Å². The molecule has 1 N–H and O–H groups in total. The van der Waals surface area contributed by atoms with Gasteiger partial charge in [-0.15, -0.1) is 11.3 Å². The quantitative estimate of drug-likeness (QED) is 0.632. The zero-order valence-corrected chi connectivity index (χ0v) is 16.0. The zero-order valence-electron chi connectivity index (χ0n) is 12.0. The van der Waals surface area contributed by atoms with Crippen LogP contribution >= 0.6 is 43.2 Å². The molecule has 0 radical (unpaired) electrons. The second-order valence-electron chi connectivity index (χ2n) is 5.01. The molecule has 1 atom stereocenters. The molecular formula is C16H19Br2NS. The third kappa shape index (κ3) is 3.73. The Bertz CT molecular complexity index is 592. The number of benzene rings is 1. The van der Waals surface area contributed by atoms with Crippen LogP contribution in [0.4, 0.5) is 0 Å². The van der Waals surface area contributed by atoms with Crippen LogP contribution in [0.25, 0.3) is 0 Å². The number of halogens is 2. The van der Waals surface area contributed by atoms with Gasteiger partial charge >= 0.3 is 0 Å². The van der Waals surface area contributed by atoms with Gasteiger partial charge in [0.15, 0.2) is 0 Å². The molecule has 0 amide bonds. The summed E-state index contributed by atoms with van der Waals surface area (Å²) in [5.41, 5.74) is 5.32. The first-order valence-corrected chi connectivity index (χ1v) is 9.18. The molecule has 0 saturated carbocycles. The Morgan fingerprint density at radius 1 is 1.15 bits per heavy atom. The van der Waals surface area contributed by atoms with Gasteiger partial charge in [0.25, 0.3) is 0 Å². The normalized spacial score (nSPS) is 12.7. The van der Waals surface area contributed by atoms with Gasteiger partial charge in [-0.1, -0.05) is 25.1 Å². The fraction of sp³-hybridized carbons (Fsp3) is 0.375. The van der Waals surface area contributed by atoms with E-state index < -0.39 is 0 Å². The third-order valence-corrected chi connectivity index (χ3v) is 5.84. The summed E-state index contributed by atoms with van der Waals surface area (Å²) in [6.07, 6.45) is 1.13. The molecule has 2 rings (SSSR count). The molecule has 0 bridgehead atoms. The molecule has 1 aromatic heterocycles. The van der Waals surface area contributed by atoms with Crippen molar-refractivity contribution < 1.29 is 0 Å². The lowest BCUT2D eigenvalue weighted by Crippen LogP contribution is -2.23. The minimum Gasteiger partial charge on any atom is -0.306 e. The van der Waals surface area contributed by atoms with Crippen LogP contribution < -0.4 is 5.32 Å². The molecule has 4 heteroatoms.